The minimum atomic E-state index is -0.364. The zero-order chi connectivity index (χ0) is 21.5. The minimum Gasteiger partial charge on any atom is -0.455 e. The van der Waals surface area contributed by atoms with E-state index >= 15 is 0 Å². The van der Waals surface area contributed by atoms with Crippen molar-refractivity contribution in [3.8, 4) is 11.5 Å². The van der Waals surface area contributed by atoms with Gasteiger partial charge in [0.1, 0.15) is 11.6 Å². The van der Waals surface area contributed by atoms with Crippen LogP contribution in [0.1, 0.15) is 25.7 Å². The summed E-state index contributed by atoms with van der Waals surface area (Å²) in [4.78, 5) is 39.4. The molecule has 2 bridgehead atoms. The van der Waals surface area contributed by atoms with E-state index in [1.54, 1.807) is 24.3 Å². The summed E-state index contributed by atoms with van der Waals surface area (Å²) >= 11 is 0. The van der Waals surface area contributed by atoms with Crippen LogP contribution in [0.15, 0.2) is 48.5 Å². The van der Waals surface area contributed by atoms with Crippen molar-refractivity contribution in [3.05, 3.63) is 54.3 Å². The quantitative estimate of drug-likeness (QED) is 0.715. The average Bonchev–Trinajstić information content (AvgIpc) is 3.44. The number of fused-ring (bicyclic) bond motifs is 5. The minimum absolute atomic E-state index is 0.0249. The Morgan fingerprint density at radius 2 is 1.65 bits per heavy atom. The first-order valence-corrected chi connectivity index (χ1v) is 10.7. The van der Waals surface area contributed by atoms with E-state index in [9.17, 15) is 18.8 Å². The number of rotatable bonds is 6. The van der Waals surface area contributed by atoms with Crippen molar-refractivity contribution in [2.75, 3.05) is 11.9 Å². The molecule has 160 valence electrons. The summed E-state index contributed by atoms with van der Waals surface area (Å²) in [5.74, 6) is 0.317. The van der Waals surface area contributed by atoms with Crippen molar-refractivity contribution in [2.45, 2.75) is 25.7 Å². The predicted octanol–water partition coefficient (Wildman–Crippen LogP) is 3.98. The Bertz CT molecular complexity index is 1010. The fraction of sp³-hybridized carbons (Fsp3) is 0.375. The number of para-hydroxylation sites is 2. The Hall–Kier alpha value is -3.22. The summed E-state index contributed by atoms with van der Waals surface area (Å²) in [5.41, 5.74) is 0.464. The highest BCUT2D eigenvalue weighted by Crippen LogP contribution is 2.56. The molecule has 1 N–H and O–H groups in total. The van der Waals surface area contributed by atoms with Gasteiger partial charge >= 0.3 is 0 Å². The lowest BCUT2D eigenvalue weighted by atomic mass is 9.81. The molecule has 2 aromatic rings. The molecule has 2 aromatic carbocycles. The molecule has 0 radical (unpaired) electrons. The molecule has 0 spiro atoms. The van der Waals surface area contributed by atoms with Gasteiger partial charge in [-0.25, -0.2) is 4.39 Å². The second kappa shape index (κ2) is 7.80. The first kappa shape index (κ1) is 19.7. The van der Waals surface area contributed by atoms with Gasteiger partial charge in [-0.3, -0.25) is 19.3 Å². The molecule has 6 nitrogen and oxygen atoms in total. The van der Waals surface area contributed by atoms with Crippen molar-refractivity contribution in [1.29, 1.82) is 0 Å². The lowest BCUT2D eigenvalue weighted by Gasteiger charge is -2.19. The SMILES string of the molecule is O=C(CCN1C(=O)[C@H]2[C@H]3CC[C@@H](C3)[C@@H]2C1=O)Nc1ccccc1Oc1ccc(F)cc1. The van der Waals surface area contributed by atoms with Crippen molar-refractivity contribution in [3.63, 3.8) is 0 Å². The second-order valence-corrected chi connectivity index (χ2v) is 8.56. The first-order chi connectivity index (χ1) is 15.0. The molecule has 3 aliphatic rings. The van der Waals surface area contributed by atoms with Gasteiger partial charge < -0.3 is 10.1 Å². The predicted molar refractivity (Wildman–Crippen MR) is 111 cm³/mol. The van der Waals surface area contributed by atoms with E-state index in [0.29, 0.717) is 29.0 Å². The number of likely N-dealkylation sites (tertiary alicyclic amines) is 1. The number of halogens is 1. The van der Waals surface area contributed by atoms with E-state index < -0.39 is 0 Å². The Balaban J connectivity index is 1.21. The number of amides is 3. The van der Waals surface area contributed by atoms with Crippen molar-refractivity contribution in [1.82, 2.24) is 4.90 Å². The van der Waals surface area contributed by atoms with Gasteiger partial charge in [-0.15, -0.1) is 0 Å². The topological polar surface area (TPSA) is 75.7 Å². The number of anilines is 1. The van der Waals surface area contributed by atoms with E-state index in [2.05, 4.69) is 5.32 Å². The highest BCUT2D eigenvalue weighted by molar-refractivity contribution is 6.06. The summed E-state index contributed by atoms with van der Waals surface area (Å²) in [6.07, 6.45) is 3.08. The standard InChI is InChI=1S/C24H23FN2O4/c25-16-7-9-17(10-8-16)31-19-4-2-1-3-18(19)26-20(28)11-12-27-23(29)21-14-5-6-15(13-14)22(21)24(27)30/h1-4,7-10,14-15,21-22H,5-6,11-13H2,(H,26,28)/t14-,15-,21-,22-/m0/s1. The number of carbonyl (C=O) groups is 3. The molecular formula is C24H23FN2O4. The Morgan fingerprint density at radius 1 is 1.00 bits per heavy atom. The van der Waals surface area contributed by atoms with E-state index in [0.717, 1.165) is 19.3 Å². The smallest absolute Gasteiger partial charge is 0.233 e. The van der Waals surface area contributed by atoms with Crippen LogP contribution in [-0.2, 0) is 14.4 Å². The Labute approximate surface area is 179 Å². The number of benzene rings is 2. The molecule has 3 fully saturated rings. The fourth-order valence-electron chi connectivity index (χ4n) is 5.41. The number of hydrogen-bond donors (Lipinski definition) is 1. The highest BCUT2D eigenvalue weighted by atomic mass is 19.1. The van der Waals surface area contributed by atoms with E-state index in [1.165, 1.54) is 29.2 Å². The molecule has 2 aliphatic carbocycles. The fourth-order valence-corrected chi connectivity index (χ4v) is 5.41. The van der Waals surface area contributed by atoms with Gasteiger partial charge in [0.2, 0.25) is 17.7 Å². The molecule has 3 amide bonds. The van der Waals surface area contributed by atoms with Crippen LogP contribution in [0.25, 0.3) is 0 Å². The van der Waals surface area contributed by atoms with Crippen LogP contribution in [0.5, 0.6) is 11.5 Å². The molecule has 31 heavy (non-hydrogen) atoms. The third-order valence-electron chi connectivity index (χ3n) is 6.78. The van der Waals surface area contributed by atoms with Crippen molar-refractivity contribution in [2.24, 2.45) is 23.7 Å². The van der Waals surface area contributed by atoms with Crippen LogP contribution in [0.4, 0.5) is 10.1 Å². The molecule has 5 rings (SSSR count). The molecule has 7 heteroatoms. The van der Waals surface area contributed by atoms with Crippen LogP contribution in [0.2, 0.25) is 0 Å². The summed E-state index contributed by atoms with van der Waals surface area (Å²) in [6, 6.07) is 12.5. The zero-order valence-electron chi connectivity index (χ0n) is 16.9. The lowest BCUT2D eigenvalue weighted by Crippen LogP contribution is -2.35. The third kappa shape index (κ3) is 3.58. The summed E-state index contributed by atoms with van der Waals surface area (Å²) in [7, 11) is 0. The van der Waals surface area contributed by atoms with Gasteiger partial charge in [0.15, 0.2) is 5.75 Å². The summed E-state index contributed by atoms with van der Waals surface area (Å²) in [6.45, 7) is 0.0942. The van der Waals surface area contributed by atoms with Crippen LogP contribution < -0.4 is 10.1 Å². The number of imide groups is 1. The number of nitrogens with one attached hydrogen (secondary N) is 1. The molecule has 0 aromatic heterocycles. The monoisotopic (exact) mass is 422 g/mol. The van der Waals surface area contributed by atoms with E-state index in [-0.39, 0.29) is 48.3 Å². The molecular weight excluding hydrogens is 399 g/mol. The van der Waals surface area contributed by atoms with Gasteiger partial charge in [0.25, 0.3) is 0 Å². The molecule has 1 saturated heterocycles. The van der Waals surface area contributed by atoms with Gasteiger partial charge in [-0.2, -0.15) is 0 Å². The van der Waals surface area contributed by atoms with Gasteiger partial charge in [0.05, 0.1) is 17.5 Å². The number of hydrogen-bond acceptors (Lipinski definition) is 4. The Kier molecular flexibility index (Phi) is 4.96. The molecule has 0 unspecified atom stereocenters. The third-order valence-corrected chi connectivity index (χ3v) is 6.78. The largest absolute Gasteiger partial charge is 0.455 e. The van der Waals surface area contributed by atoms with Crippen molar-refractivity contribution < 1.29 is 23.5 Å². The van der Waals surface area contributed by atoms with Gasteiger partial charge in [-0.05, 0) is 67.5 Å². The first-order valence-electron chi connectivity index (χ1n) is 10.7. The average molecular weight is 422 g/mol. The number of ether oxygens (including phenoxy) is 1. The normalized spacial score (nSPS) is 26.3. The lowest BCUT2D eigenvalue weighted by molar-refractivity contribution is -0.140. The summed E-state index contributed by atoms with van der Waals surface area (Å²) < 4.78 is 18.9. The maximum atomic E-state index is 13.1. The highest BCUT2D eigenvalue weighted by Gasteiger charge is 2.60. The van der Waals surface area contributed by atoms with E-state index in [1.807, 2.05) is 0 Å². The maximum absolute atomic E-state index is 13.1. The van der Waals surface area contributed by atoms with Crippen LogP contribution in [0, 0.1) is 29.5 Å². The van der Waals surface area contributed by atoms with Crippen LogP contribution in [0.3, 0.4) is 0 Å². The molecule has 1 heterocycles. The molecule has 2 saturated carbocycles. The second-order valence-electron chi connectivity index (χ2n) is 8.56. The summed E-state index contributed by atoms with van der Waals surface area (Å²) in [5, 5.41) is 2.79. The zero-order valence-corrected chi connectivity index (χ0v) is 16.9. The molecule has 4 atom stereocenters. The maximum Gasteiger partial charge on any atom is 0.233 e. The van der Waals surface area contributed by atoms with Gasteiger partial charge in [-0.1, -0.05) is 12.1 Å². The van der Waals surface area contributed by atoms with Crippen LogP contribution >= 0.6 is 0 Å². The van der Waals surface area contributed by atoms with E-state index in [4.69, 9.17) is 4.74 Å². The van der Waals surface area contributed by atoms with Gasteiger partial charge in [0, 0.05) is 13.0 Å². The van der Waals surface area contributed by atoms with Crippen molar-refractivity contribution >= 4 is 23.4 Å². The Morgan fingerprint density at radius 3 is 2.32 bits per heavy atom. The number of carbonyl (C=O) groups excluding carboxylic acids is 3. The molecule has 1 aliphatic heterocycles. The number of nitrogens with zero attached hydrogens (tertiary/aromatic N) is 1. The van der Waals surface area contributed by atoms with Crippen LogP contribution in [-0.4, -0.2) is 29.2 Å².